The fourth-order valence-electron chi connectivity index (χ4n) is 2.89. The molecular formula is C20H26BrN2O+. The zero-order valence-corrected chi connectivity index (χ0v) is 16.2. The van der Waals surface area contributed by atoms with Crippen LogP contribution >= 0.6 is 15.9 Å². The van der Waals surface area contributed by atoms with Crippen molar-refractivity contribution in [2.75, 3.05) is 11.9 Å². The molecule has 2 aromatic carbocycles. The summed E-state index contributed by atoms with van der Waals surface area (Å²) in [5.41, 5.74) is 4.51. The summed E-state index contributed by atoms with van der Waals surface area (Å²) in [6.07, 6.45) is 1.90. The lowest BCUT2D eigenvalue weighted by Gasteiger charge is -2.16. The molecule has 4 heteroatoms. The van der Waals surface area contributed by atoms with Gasteiger partial charge in [0, 0.05) is 22.1 Å². The molecule has 128 valence electrons. The van der Waals surface area contributed by atoms with Crippen LogP contribution in [0.5, 0.6) is 0 Å². The van der Waals surface area contributed by atoms with Gasteiger partial charge in [-0.25, -0.2) is 0 Å². The third-order valence-electron chi connectivity index (χ3n) is 4.33. The maximum Gasteiger partial charge on any atom is 0.279 e. The quantitative estimate of drug-likeness (QED) is 0.738. The second-order valence-corrected chi connectivity index (χ2v) is 6.93. The number of carbonyl (C=O) groups is 1. The highest BCUT2D eigenvalue weighted by Crippen LogP contribution is 2.21. The first-order chi connectivity index (χ1) is 11.5. The predicted molar refractivity (Wildman–Crippen MR) is 103 cm³/mol. The predicted octanol–water partition coefficient (Wildman–Crippen LogP) is 3.97. The number of rotatable bonds is 7. The molecule has 1 atom stereocenters. The number of nitrogens with one attached hydrogen (secondary N) is 1. The zero-order chi connectivity index (χ0) is 17.5. The molecule has 0 aliphatic carbocycles. The molecule has 0 saturated carbocycles. The number of para-hydroxylation sites is 1. The highest BCUT2D eigenvalue weighted by molar-refractivity contribution is 9.10. The summed E-state index contributed by atoms with van der Waals surface area (Å²) in [5, 5.41) is 5.21. The maximum atomic E-state index is 12.4. The van der Waals surface area contributed by atoms with E-state index in [-0.39, 0.29) is 5.91 Å². The highest BCUT2D eigenvalue weighted by atomic mass is 79.9. The van der Waals surface area contributed by atoms with E-state index in [1.807, 2.05) is 31.2 Å². The maximum absolute atomic E-state index is 12.4. The van der Waals surface area contributed by atoms with Crippen LogP contribution in [0.1, 0.15) is 43.0 Å². The molecule has 0 heterocycles. The van der Waals surface area contributed by atoms with E-state index in [0.717, 1.165) is 28.6 Å². The minimum Gasteiger partial charge on any atom is -0.332 e. The van der Waals surface area contributed by atoms with Crippen molar-refractivity contribution in [1.29, 1.82) is 0 Å². The van der Waals surface area contributed by atoms with Crippen LogP contribution in [-0.4, -0.2) is 12.5 Å². The Labute approximate surface area is 153 Å². The number of hydrogen-bond acceptors (Lipinski definition) is 1. The standard InChI is InChI=1S/C20H25BrN2O/c1-4-15-8-6-7-14(3)20(15)23-19(24)13-22-18(5-2)16-9-11-17(21)12-10-16/h6-12,18,22H,4-5,13H2,1-3H3,(H,23,24)/p+1/t18-/m1/s1. The Kier molecular flexibility index (Phi) is 7.00. The van der Waals surface area contributed by atoms with Gasteiger partial charge in [-0.1, -0.05) is 60.1 Å². The summed E-state index contributed by atoms with van der Waals surface area (Å²) in [4.78, 5) is 12.4. The third-order valence-corrected chi connectivity index (χ3v) is 4.86. The number of anilines is 1. The number of carbonyl (C=O) groups excluding carboxylic acids is 1. The molecule has 3 nitrogen and oxygen atoms in total. The molecule has 2 aromatic rings. The van der Waals surface area contributed by atoms with Gasteiger partial charge in [-0.3, -0.25) is 4.79 Å². The van der Waals surface area contributed by atoms with Crippen LogP contribution in [0.4, 0.5) is 5.69 Å². The number of nitrogens with two attached hydrogens (primary N) is 1. The highest BCUT2D eigenvalue weighted by Gasteiger charge is 2.16. The molecular weight excluding hydrogens is 364 g/mol. The SMILES string of the molecule is CCc1cccc(C)c1NC(=O)C[NH2+][C@H](CC)c1ccc(Br)cc1. The topological polar surface area (TPSA) is 45.7 Å². The van der Waals surface area contributed by atoms with Gasteiger partial charge in [0.15, 0.2) is 6.54 Å². The van der Waals surface area contributed by atoms with Crippen LogP contribution in [0.3, 0.4) is 0 Å². The van der Waals surface area contributed by atoms with Gasteiger partial charge in [-0.2, -0.15) is 0 Å². The van der Waals surface area contributed by atoms with Gasteiger partial charge >= 0.3 is 0 Å². The summed E-state index contributed by atoms with van der Waals surface area (Å²) < 4.78 is 1.07. The van der Waals surface area contributed by atoms with Crippen molar-refractivity contribution < 1.29 is 10.1 Å². The first kappa shape index (κ1) is 18.7. The van der Waals surface area contributed by atoms with Crippen molar-refractivity contribution >= 4 is 27.5 Å². The van der Waals surface area contributed by atoms with Gasteiger partial charge in [-0.05, 0) is 36.6 Å². The Hall–Kier alpha value is -1.65. The molecule has 0 aromatic heterocycles. The van der Waals surface area contributed by atoms with E-state index in [4.69, 9.17) is 0 Å². The van der Waals surface area contributed by atoms with E-state index < -0.39 is 0 Å². The first-order valence-electron chi connectivity index (χ1n) is 8.52. The average molecular weight is 390 g/mol. The molecule has 2 rings (SSSR count). The fourth-order valence-corrected chi connectivity index (χ4v) is 3.15. The van der Waals surface area contributed by atoms with E-state index in [1.165, 1.54) is 11.1 Å². The molecule has 0 fully saturated rings. The summed E-state index contributed by atoms with van der Waals surface area (Å²) in [7, 11) is 0. The second kappa shape index (κ2) is 9.00. The largest absolute Gasteiger partial charge is 0.332 e. The molecule has 24 heavy (non-hydrogen) atoms. The lowest BCUT2D eigenvalue weighted by Crippen LogP contribution is -2.87. The van der Waals surface area contributed by atoms with E-state index in [2.05, 4.69) is 58.6 Å². The zero-order valence-electron chi connectivity index (χ0n) is 14.6. The molecule has 0 aliphatic heterocycles. The van der Waals surface area contributed by atoms with Crippen LogP contribution in [0.15, 0.2) is 46.9 Å². The van der Waals surface area contributed by atoms with Crippen LogP contribution in [0, 0.1) is 6.92 Å². The van der Waals surface area contributed by atoms with Gasteiger partial charge in [0.1, 0.15) is 6.04 Å². The molecule has 0 aliphatic rings. The molecule has 0 spiro atoms. The van der Waals surface area contributed by atoms with Gasteiger partial charge in [-0.15, -0.1) is 0 Å². The molecule has 1 amide bonds. The number of halogens is 1. The molecule has 0 saturated heterocycles. The van der Waals surface area contributed by atoms with E-state index in [1.54, 1.807) is 0 Å². The minimum atomic E-state index is 0.0505. The number of aryl methyl sites for hydroxylation is 2. The Morgan fingerprint density at radius 3 is 2.50 bits per heavy atom. The molecule has 0 radical (unpaired) electrons. The van der Waals surface area contributed by atoms with E-state index >= 15 is 0 Å². The van der Waals surface area contributed by atoms with Crippen molar-refractivity contribution in [3.63, 3.8) is 0 Å². The van der Waals surface area contributed by atoms with Gasteiger partial charge in [0.25, 0.3) is 5.91 Å². The van der Waals surface area contributed by atoms with Crippen molar-refractivity contribution in [2.24, 2.45) is 0 Å². The van der Waals surface area contributed by atoms with Crippen LogP contribution in [0.2, 0.25) is 0 Å². The number of amides is 1. The van der Waals surface area contributed by atoms with E-state index in [9.17, 15) is 4.79 Å². The monoisotopic (exact) mass is 389 g/mol. The van der Waals surface area contributed by atoms with Crippen molar-refractivity contribution in [3.8, 4) is 0 Å². The van der Waals surface area contributed by atoms with Gasteiger partial charge in [0.2, 0.25) is 0 Å². The third kappa shape index (κ3) is 4.92. The first-order valence-corrected chi connectivity index (χ1v) is 9.31. The van der Waals surface area contributed by atoms with Gasteiger partial charge in [0.05, 0.1) is 0 Å². The minimum absolute atomic E-state index is 0.0505. The average Bonchev–Trinajstić information content (AvgIpc) is 2.58. The lowest BCUT2D eigenvalue weighted by molar-refractivity contribution is -0.686. The smallest absolute Gasteiger partial charge is 0.279 e. The normalized spacial score (nSPS) is 12.0. The fraction of sp³-hybridized carbons (Fsp3) is 0.350. The van der Waals surface area contributed by atoms with Crippen LogP contribution < -0.4 is 10.6 Å². The van der Waals surface area contributed by atoms with Crippen LogP contribution in [-0.2, 0) is 11.2 Å². The van der Waals surface area contributed by atoms with Crippen molar-refractivity contribution in [2.45, 2.75) is 39.7 Å². The van der Waals surface area contributed by atoms with Crippen molar-refractivity contribution in [1.82, 2.24) is 0 Å². The summed E-state index contributed by atoms with van der Waals surface area (Å²) in [6.45, 7) is 6.72. The number of hydrogen-bond donors (Lipinski definition) is 2. The van der Waals surface area contributed by atoms with E-state index in [0.29, 0.717) is 12.6 Å². The second-order valence-electron chi connectivity index (χ2n) is 6.02. The summed E-state index contributed by atoms with van der Waals surface area (Å²) in [5.74, 6) is 0.0505. The van der Waals surface area contributed by atoms with Crippen molar-refractivity contribution in [3.05, 3.63) is 63.6 Å². The molecule has 3 N–H and O–H groups in total. The van der Waals surface area contributed by atoms with Gasteiger partial charge < -0.3 is 10.6 Å². The Morgan fingerprint density at radius 1 is 1.17 bits per heavy atom. The number of quaternary nitrogens is 1. The Balaban J connectivity index is 1.98. The summed E-state index contributed by atoms with van der Waals surface area (Å²) >= 11 is 3.46. The number of benzene rings is 2. The summed E-state index contributed by atoms with van der Waals surface area (Å²) in [6, 6.07) is 14.8. The Bertz CT molecular complexity index is 683. The lowest BCUT2D eigenvalue weighted by atomic mass is 10.0. The Morgan fingerprint density at radius 2 is 1.88 bits per heavy atom. The van der Waals surface area contributed by atoms with Crippen LogP contribution in [0.25, 0.3) is 0 Å². The molecule has 0 bridgehead atoms. The molecule has 0 unspecified atom stereocenters.